The first-order chi connectivity index (χ1) is 11.1. The van der Waals surface area contributed by atoms with E-state index >= 15 is 0 Å². The van der Waals surface area contributed by atoms with Crippen molar-refractivity contribution in [3.8, 4) is 0 Å². The van der Waals surface area contributed by atoms with Crippen LogP contribution in [0.2, 0.25) is 0 Å². The van der Waals surface area contributed by atoms with E-state index in [0.717, 1.165) is 0 Å². The molecule has 0 aliphatic carbocycles. The number of nitrogens with one attached hydrogen (secondary N) is 1. The van der Waals surface area contributed by atoms with Gasteiger partial charge in [0.25, 0.3) is 11.5 Å². The molecule has 0 unspecified atom stereocenters. The van der Waals surface area contributed by atoms with Crippen molar-refractivity contribution in [2.75, 3.05) is 11.4 Å². The number of hydrogen-bond acceptors (Lipinski definition) is 3. The van der Waals surface area contributed by atoms with E-state index in [1.54, 1.807) is 24.3 Å². The fourth-order valence-electron chi connectivity index (χ4n) is 2.47. The van der Waals surface area contributed by atoms with E-state index in [9.17, 15) is 14.0 Å². The molecule has 3 rings (SSSR count). The summed E-state index contributed by atoms with van der Waals surface area (Å²) in [5, 5.41) is 7.16. The van der Waals surface area contributed by atoms with Crippen molar-refractivity contribution in [3.63, 3.8) is 0 Å². The number of benzene rings is 2. The van der Waals surface area contributed by atoms with Gasteiger partial charge in [0.05, 0.1) is 5.39 Å². The summed E-state index contributed by atoms with van der Waals surface area (Å²) in [6.07, 6.45) is 0. The average Bonchev–Trinajstić information content (AvgIpc) is 2.58. The predicted molar refractivity (Wildman–Crippen MR) is 86.1 cm³/mol. The number of hydrogen-bond donors (Lipinski definition) is 1. The van der Waals surface area contributed by atoms with E-state index in [1.807, 2.05) is 6.92 Å². The SMILES string of the molecule is CCN(C(=O)c1n[nH]c(=O)c2ccccc12)c1ccc(F)cc1. The number of anilines is 1. The Kier molecular flexibility index (Phi) is 3.89. The standard InChI is InChI=1S/C17H14FN3O2/c1-2-21(12-9-7-11(18)8-10-12)17(23)15-13-5-3-4-6-14(13)16(22)20-19-15/h3-10H,2H2,1H3,(H,20,22). The average molecular weight is 311 g/mol. The summed E-state index contributed by atoms with van der Waals surface area (Å²) >= 11 is 0. The van der Waals surface area contributed by atoms with Gasteiger partial charge in [0.2, 0.25) is 0 Å². The maximum Gasteiger partial charge on any atom is 0.279 e. The minimum atomic E-state index is -0.370. The van der Waals surface area contributed by atoms with Gasteiger partial charge in [-0.3, -0.25) is 9.59 Å². The number of fused-ring (bicyclic) bond motifs is 1. The van der Waals surface area contributed by atoms with Gasteiger partial charge < -0.3 is 4.90 Å². The monoisotopic (exact) mass is 311 g/mol. The van der Waals surface area contributed by atoms with E-state index < -0.39 is 0 Å². The van der Waals surface area contributed by atoms with Crippen LogP contribution in [0.5, 0.6) is 0 Å². The Morgan fingerprint density at radius 2 is 1.78 bits per heavy atom. The van der Waals surface area contributed by atoms with Crippen LogP contribution in [-0.4, -0.2) is 22.6 Å². The Labute approximate surface area is 131 Å². The number of carbonyl (C=O) groups excluding carboxylic acids is 1. The van der Waals surface area contributed by atoms with Crippen molar-refractivity contribution in [2.45, 2.75) is 6.92 Å². The van der Waals surface area contributed by atoms with Gasteiger partial charge in [-0.25, -0.2) is 9.49 Å². The highest BCUT2D eigenvalue weighted by Gasteiger charge is 2.21. The summed E-state index contributed by atoms with van der Waals surface area (Å²) < 4.78 is 13.1. The number of aromatic nitrogens is 2. The van der Waals surface area contributed by atoms with Crippen LogP contribution in [0.25, 0.3) is 10.8 Å². The fourth-order valence-corrected chi connectivity index (χ4v) is 2.47. The molecule has 116 valence electrons. The van der Waals surface area contributed by atoms with Crippen LogP contribution in [0, 0.1) is 5.82 Å². The van der Waals surface area contributed by atoms with Crippen LogP contribution >= 0.6 is 0 Å². The van der Waals surface area contributed by atoms with Gasteiger partial charge in [-0.15, -0.1) is 0 Å². The summed E-state index contributed by atoms with van der Waals surface area (Å²) in [5.41, 5.74) is 0.379. The molecule has 0 saturated carbocycles. The number of H-pyrrole nitrogens is 1. The largest absolute Gasteiger partial charge is 0.307 e. The van der Waals surface area contributed by atoms with Crippen molar-refractivity contribution in [3.05, 3.63) is 70.4 Å². The molecule has 0 aliphatic rings. The number of aromatic amines is 1. The molecule has 23 heavy (non-hydrogen) atoms. The molecule has 1 aromatic heterocycles. The molecule has 0 aliphatic heterocycles. The molecular weight excluding hydrogens is 297 g/mol. The lowest BCUT2D eigenvalue weighted by atomic mass is 10.1. The van der Waals surface area contributed by atoms with Gasteiger partial charge in [0.1, 0.15) is 5.82 Å². The maximum atomic E-state index is 13.1. The van der Waals surface area contributed by atoms with Crippen molar-refractivity contribution in [2.24, 2.45) is 0 Å². The molecular formula is C17H14FN3O2. The van der Waals surface area contributed by atoms with Gasteiger partial charge in [-0.2, -0.15) is 5.10 Å². The molecule has 6 heteroatoms. The third-order valence-corrected chi connectivity index (χ3v) is 3.60. The van der Waals surface area contributed by atoms with Crippen LogP contribution in [-0.2, 0) is 0 Å². The first-order valence-corrected chi connectivity index (χ1v) is 7.16. The smallest absolute Gasteiger partial charge is 0.279 e. The lowest BCUT2D eigenvalue weighted by molar-refractivity contribution is 0.0984. The molecule has 3 aromatic rings. The number of amides is 1. The molecule has 5 nitrogen and oxygen atoms in total. The highest BCUT2D eigenvalue weighted by atomic mass is 19.1. The van der Waals surface area contributed by atoms with Crippen LogP contribution in [0.15, 0.2) is 53.3 Å². The minimum Gasteiger partial charge on any atom is -0.307 e. The highest BCUT2D eigenvalue weighted by Crippen LogP contribution is 2.20. The molecule has 0 saturated heterocycles. The van der Waals surface area contributed by atoms with Crippen LogP contribution in [0.1, 0.15) is 17.4 Å². The topological polar surface area (TPSA) is 66.1 Å². The Bertz CT molecular complexity index is 919. The van der Waals surface area contributed by atoms with Crippen LogP contribution < -0.4 is 10.5 Å². The molecule has 0 fully saturated rings. The van der Waals surface area contributed by atoms with E-state index in [4.69, 9.17) is 0 Å². The lowest BCUT2D eigenvalue weighted by Crippen LogP contribution is -2.32. The number of rotatable bonds is 3. The second-order valence-electron chi connectivity index (χ2n) is 4.97. The zero-order valence-corrected chi connectivity index (χ0v) is 12.4. The Hall–Kier alpha value is -3.02. The first kappa shape index (κ1) is 14.9. The molecule has 0 radical (unpaired) electrons. The number of nitrogens with zero attached hydrogens (tertiary/aromatic N) is 2. The van der Waals surface area contributed by atoms with Gasteiger partial charge in [0.15, 0.2) is 5.69 Å². The quantitative estimate of drug-likeness (QED) is 0.809. The van der Waals surface area contributed by atoms with E-state index in [0.29, 0.717) is 23.0 Å². The maximum absolute atomic E-state index is 13.1. The molecule has 0 bridgehead atoms. The normalized spacial score (nSPS) is 10.7. The molecule has 1 N–H and O–H groups in total. The Balaban J connectivity index is 2.10. The third-order valence-electron chi connectivity index (χ3n) is 3.60. The zero-order valence-electron chi connectivity index (χ0n) is 12.4. The van der Waals surface area contributed by atoms with Crippen LogP contribution in [0.3, 0.4) is 0 Å². The third kappa shape index (κ3) is 2.70. The molecule has 1 heterocycles. The van der Waals surface area contributed by atoms with Gasteiger partial charge in [-0.1, -0.05) is 18.2 Å². The first-order valence-electron chi connectivity index (χ1n) is 7.16. The molecule has 2 aromatic carbocycles. The van der Waals surface area contributed by atoms with E-state index in [1.165, 1.54) is 29.2 Å². The molecule has 0 atom stereocenters. The van der Waals surface area contributed by atoms with Gasteiger partial charge >= 0.3 is 0 Å². The fraction of sp³-hybridized carbons (Fsp3) is 0.118. The second-order valence-corrected chi connectivity index (χ2v) is 4.97. The van der Waals surface area contributed by atoms with Gasteiger partial charge in [0, 0.05) is 17.6 Å². The van der Waals surface area contributed by atoms with E-state index in [-0.39, 0.29) is 23.0 Å². The van der Waals surface area contributed by atoms with Crippen molar-refractivity contribution >= 4 is 22.4 Å². The predicted octanol–water partition coefficient (Wildman–Crippen LogP) is 2.73. The summed E-state index contributed by atoms with van der Waals surface area (Å²) in [5.74, 6) is -0.726. The van der Waals surface area contributed by atoms with Crippen molar-refractivity contribution < 1.29 is 9.18 Å². The van der Waals surface area contributed by atoms with Crippen molar-refractivity contribution in [1.29, 1.82) is 0 Å². The number of carbonyl (C=O) groups is 1. The summed E-state index contributed by atoms with van der Waals surface area (Å²) in [7, 11) is 0. The summed E-state index contributed by atoms with van der Waals surface area (Å²) in [6.45, 7) is 2.20. The Morgan fingerprint density at radius 3 is 2.43 bits per heavy atom. The Morgan fingerprint density at radius 1 is 1.13 bits per heavy atom. The molecule has 1 amide bonds. The van der Waals surface area contributed by atoms with Crippen molar-refractivity contribution in [1.82, 2.24) is 10.2 Å². The summed E-state index contributed by atoms with van der Waals surface area (Å²) in [4.78, 5) is 26.1. The van der Waals surface area contributed by atoms with Gasteiger partial charge in [-0.05, 0) is 37.3 Å². The minimum absolute atomic E-state index is 0.159. The zero-order chi connectivity index (χ0) is 16.4. The van der Waals surface area contributed by atoms with E-state index in [2.05, 4.69) is 10.2 Å². The second kappa shape index (κ2) is 6.00. The lowest BCUT2D eigenvalue weighted by Gasteiger charge is -2.21. The molecule has 0 spiro atoms. The highest BCUT2D eigenvalue weighted by molar-refractivity contribution is 6.12. The number of halogens is 1. The summed E-state index contributed by atoms with van der Waals surface area (Å²) in [6, 6.07) is 12.4. The van der Waals surface area contributed by atoms with Crippen LogP contribution in [0.4, 0.5) is 10.1 Å².